The average molecular weight is 343 g/mol. The van der Waals surface area contributed by atoms with E-state index in [9.17, 15) is 14.4 Å². The molecule has 0 unspecified atom stereocenters. The lowest BCUT2D eigenvalue weighted by atomic mass is 10.1. The van der Waals surface area contributed by atoms with E-state index >= 15 is 0 Å². The molecule has 1 saturated heterocycles. The number of aromatic nitrogens is 1. The van der Waals surface area contributed by atoms with Crippen LogP contribution in [-0.4, -0.2) is 39.5 Å². The topological polar surface area (TPSA) is 79.6 Å². The van der Waals surface area contributed by atoms with E-state index in [1.54, 1.807) is 17.2 Å². The van der Waals surface area contributed by atoms with E-state index in [0.717, 1.165) is 4.47 Å². The van der Waals surface area contributed by atoms with Crippen molar-refractivity contribution in [3.63, 3.8) is 0 Å². The number of carboxylic acids is 1. The van der Waals surface area contributed by atoms with Crippen molar-refractivity contribution >= 4 is 27.8 Å². The Morgan fingerprint density at radius 3 is 2.80 bits per heavy atom. The Labute approximate surface area is 124 Å². The van der Waals surface area contributed by atoms with Gasteiger partial charge >= 0.3 is 5.97 Å². The molecule has 20 heavy (non-hydrogen) atoms. The highest BCUT2D eigenvalue weighted by Crippen LogP contribution is 2.17. The van der Waals surface area contributed by atoms with Gasteiger partial charge < -0.3 is 14.6 Å². The second kappa shape index (κ2) is 6.21. The van der Waals surface area contributed by atoms with Gasteiger partial charge in [-0.2, -0.15) is 0 Å². The van der Waals surface area contributed by atoms with E-state index in [0.29, 0.717) is 19.5 Å². The molecule has 7 heteroatoms. The maximum absolute atomic E-state index is 12.0. The summed E-state index contributed by atoms with van der Waals surface area (Å²) in [6.45, 7) is 1.04. The highest BCUT2D eigenvalue weighted by Gasteiger charge is 2.30. The molecule has 0 aromatic carbocycles. The maximum atomic E-state index is 12.0. The summed E-state index contributed by atoms with van der Waals surface area (Å²) in [7, 11) is 0. The molecule has 1 atom stereocenters. The number of aryl methyl sites for hydroxylation is 1. The van der Waals surface area contributed by atoms with Gasteiger partial charge in [-0.3, -0.25) is 14.4 Å². The van der Waals surface area contributed by atoms with Gasteiger partial charge in [-0.25, -0.2) is 0 Å². The Bertz CT molecular complexity index is 584. The molecule has 1 aliphatic rings. The van der Waals surface area contributed by atoms with Crippen molar-refractivity contribution in [1.82, 2.24) is 9.47 Å². The molecule has 1 aromatic rings. The van der Waals surface area contributed by atoms with Crippen LogP contribution in [0.4, 0.5) is 0 Å². The Balaban J connectivity index is 1.91. The van der Waals surface area contributed by atoms with Crippen LogP contribution >= 0.6 is 15.9 Å². The van der Waals surface area contributed by atoms with Crippen LogP contribution in [0.15, 0.2) is 27.6 Å². The van der Waals surface area contributed by atoms with Gasteiger partial charge in [-0.15, -0.1) is 0 Å². The summed E-state index contributed by atoms with van der Waals surface area (Å²) in [5.41, 5.74) is -0.161. The minimum atomic E-state index is -0.858. The van der Waals surface area contributed by atoms with Gasteiger partial charge in [0.15, 0.2) is 0 Å². The number of carbonyl (C=O) groups is 2. The van der Waals surface area contributed by atoms with Crippen LogP contribution in [0.1, 0.15) is 12.8 Å². The Hall–Kier alpha value is -1.63. The lowest BCUT2D eigenvalue weighted by Gasteiger charge is -2.16. The van der Waals surface area contributed by atoms with Crippen molar-refractivity contribution in [3.8, 4) is 0 Å². The number of likely N-dealkylation sites (tertiary alicyclic amines) is 1. The molecule has 2 rings (SSSR count). The molecule has 1 N–H and O–H groups in total. The lowest BCUT2D eigenvalue weighted by Crippen LogP contribution is -2.31. The SMILES string of the molecule is O=C(O)[C@H]1CCN(C(=O)CCn2cc(Br)ccc2=O)C1. The summed E-state index contributed by atoms with van der Waals surface area (Å²) in [6.07, 6.45) is 2.33. The van der Waals surface area contributed by atoms with Crippen LogP contribution in [0.3, 0.4) is 0 Å². The summed E-state index contributed by atoms with van der Waals surface area (Å²) < 4.78 is 2.24. The van der Waals surface area contributed by atoms with E-state index in [2.05, 4.69) is 15.9 Å². The standard InChI is InChI=1S/C13H15BrN2O4/c14-10-1-2-11(17)16(8-10)6-4-12(18)15-5-3-9(7-15)13(19)20/h1-2,8-9H,3-7H2,(H,19,20)/t9-/m0/s1. The smallest absolute Gasteiger partial charge is 0.308 e. The number of amides is 1. The molecule has 0 spiro atoms. The van der Waals surface area contributed by atoms with E-state index in [1.165, 1.54) is 10.6 Å². The molecule has 0 bridgehead atoms. The lowest BCUT2D eigenvalue weighted by molar-refractivity contribution is -0.141. The van der Waals surface area contributed by atoms with E-state index in [-0.39, 0.29) is 24.4 Å². The normalized spacial score (nSPS) is 18.2. The number of nitrogens with zero attached hydrogens (tertiary/aromatic N) is 2. The predicted octanol–water partition coefficient (Wildman–Crippen LogP) is 0.934. The largest absolute Gasteiger partial charge is 0.481 e. The highest BCUT2D eigenvalue weighted by atomic mass is 79.9. The molecule has 1 aromatic heterocycles. The number of pyridine rings is 1. The first-order chi connectivity index (χ1) is 9.47. The van der Waals surface area contributed by atoms with Gasteiger partial charge in [0.25, 0.3) is 5.56 Å². The van der Waals surface area contributed by atoms with Crippen LogP contribution in [-0.2, 0) is 16.1 Å². The molecular formula is C13H15BrN2O4. The first kappa shape index (κ1) is 14.8. The number of halogens is 1. The third-order valence-electron chi connectivity index (χ3n) is 3.40. The molecule has 0 aliphatic carbocycles. The third kappa shape index (κ3) is 3.47. The number of carbonyl (C=O) groups excluding carboxylic acids is 1. The van der Waals surface area contributed by atoms with Crippen LogP contribution in [0, 0.1) is 5.92 Å². The molecule has 0 saturated carbocycles. The van der Waals surface area contributed by atoms with Crippen LogP contribution in [0.2, 0.25) is 0 Å². The van der Waals surface area contributed by atoms with E-state index in [4.69, 9.17) is 5.11 Å². The third-order valence-corrected chi connectivity index (χ3v) is 3.87. The molecule has 1 aliphatic heterocycles. The summed E-state index contributed by atoms with van der Waals surface area (Å²) in [5, 5.41) is 8.90. The van der Waals surface area contributed by atoms with Gasteiger partial charge in [0.2, 0.25) is 5.91 Å². The zero-order valence-corrected chi connectivity index (χ0v) is 12.4. The monoisotopic (exact) mass is 342 g/mol. The minimum Gasteiger partial charge on any atom is -0.481 e. The fourth-order valence-electron chi connectivity index (χ4n) is 2.24. The maximum Gasteiger partial charge on any atom is 0.308 e. The van der Waals surface area contributed by atoms with Crippen molar-refractivity contribution in [2.45, 2.75) is 19.4 Å². The molecule has 1 amide bonds. The Morgan fingerprint density at radius 1 is 1.40 bits per heavy atom. The molecule has 0 radical (unpaired) electrons. The highest BCUT2D eigenvalue weighted by molar-refractivity contribution is 9.10. The second-order valence-electron chi connectivity index (χ2n) is 4.79. The number of hydrogen-bond donors (Lipinski definition) is 1. The summed E-state index contributed by atoms with van der Waals surface area (Å²) in [4.78, 5) is 36.0. The molecule has 1 fully saturated rings. The minimum absolute atomic E-state index is 0.111. The van der Waals surface area contributed by atoms with Crippen molar-refractivity contribution < 1.29 is 14.7 Å². The number of carboxylic acid groups (broad SMARTS) is 1. The van der Waals surface area contributed by atoms with Crippen LogP contribution in [0.25, 0.3) is 0 Å². The first-order valence-corrected chi connectivity index (χ1v) is 7.13. The Morgan fingerprint density at radius 2 is 2.15 bits per heavy atom. The average Bonchev–Trinajstić information content (AvgIpc) is 2.89. The van der Waals surface area contributed by atoms with Crippen molar-refractivity contribution in [3.05, 3.63) is 33.2 Å². The first-order valence-electron chi connectivity index (χ1n) is 6.34. The van der Waals surface area contributed by atoms with Gasteiger partial charge in [-0.1, -0.05) is 0 Å². The van der Waals surface area contributed by atoms with Gasteiger partial charge in [0, 0.05) is 42.8 Å². The quantitative estimate of drug-likeness (QED) is 0.882. The van der Waals surface area contributed by atoms with Gasteiger partial charge in [0.1, 0.15) is 0 Å². The molecular weight excluding hydrogens is 328 g/mol. The molecule has 108 valence electrons. The van der Waals surface area contributed by atoms with E-state index in [1.807, 2.05) is 0 Å². The fraction of sp³-hybridized carbons (Fsp3) is 0.462. The summed E-state index contributed by atoms with van der Waals surface area (Å²) in [5.74, 6) is -1.43. The van der Waals surface area contributed by atoms with Crippen molar-refractivity contribution in [2.75, 3.05) is 13.1 Å². The van der Waals surface area contributed by atoms with Crippen LogP contribution < -0.4 is 5.56 Å². The number of hydrogen-bond acceptors (Lipinski definition) is 3. The van der Waals surface area contributed by atoms with E-state index < -0.39 is 11.9 Å². The number of rotatable bonds is 4. The summed E-state index contributed by atoms with van der Waals surface area (Å²) >= 11 is 3.27. The van der Waals surface area contributed by atoms with Gasteiger partial charge in [-0.05, 0) is 28.4 Å². The zero-order valence-electron chi connectivity index (χ0n) is 10.8. The van der Waals surface area contributed by atoms with Crippen molar-refractivity contribution in [1.29, 1.82) is 0 Å². The van der Waals surface area contributed by atoms with Crippen molar-refractivity contribution in [2.24, 2.45) is 5.92 Å². The summed E-state index contributed by atoms with van der Waals surface area (Å²) in [6, 6.07) is 3.09. The Kier molecular flexibility index (Phi) is 4.59. The second-order valence-corrected chi connectivity index (χ2v) is 5.71. The fourth-order valence-corrected chi connectivity index (χ4v) is 2.62. The van der Waals surface area contributed by atoms with Gasteiger partial charge in [0.05, 0.1) is 5.92 Å². The molecule has 2 heterocycles. The number of aliphatic carboxylic acids is 1. The zero-order chi connectivity index (χ0) is 14.7. The molecule has 6 nitrogen and oxygen atoms in total. The predicted molar refractivity (Wildman–Crippen MR) is 75.3 cm³/mol. The van der Waals surface area contributed by atoms with Crippen LogP contribution in [0.5, 0.6) is 0 Å².